The molecule has 0 saturated heterocycles. The highest BCUT2D eigenvalue weighted by Gasteiger charge is 2.45. The molecule has 0 aliphatic rings. The molecule has 1 N–H and O–H groups in total. The van der Waals surface area contributed by atoms with Gasteiger partial charge in [-0.1, -0.05) is 53.7 Å². The van der Waals surface area contributed by atoms with Gasteiger partial charge in [0.25, 0.3) is 0 Å². The van der Waals surface area contributed by atoms with Gasteiger partial charge in [-0.2, -0.15) is 0 Å². The van der Waals surface area contributed by atoms with Crippen molar-refractivity contribution in [3.05, 3.63) is 35.1 Å². The molecule has 2 atom stereocenters. The zero-order valence-corrected chi connectivity index (χ0v) is 21.2. The van der Waals surface area contributed by atoms with Crippen LogP contribution in [0.4, 0.5) is 4.39 Å². The predicted molar refractivity (Wildman–Crippen MR) is 122 cm³/mol. The van der Waals surface area contributed by atoms with Crippen LogP contribution in [0.1, 0.15) is 86.4 Å². The van der Waals surface area contributed by atoms with E-state index in [0.717, 1.165) is 5.56 Å². The average molecular weight is 430 g/mol. The fraction of sp³-hybridized carbons (Fsp3) is 0.727. The third kappa shape index (κ3) is 5.74. The molecule has 0 aromatic heterocycles. The van der Waals surface area contributed by atoms with Crippen molar-refractivity contribution in [2.75, 3.05) is 0 Å². The fourth-order valence-corrected chi connectivity index (χ4v) is 10.4. The smallest absolute Gasteiger partial charge is 0.200 e. The number of hydrogen-bond donors (Lipinski definition) is 1. The Morgan fingerprint density at radius 3 is 1.96 bits per heavy atom. The molecule has 0 bridgehead atoms. The first-order chi connectivity index (χ1) is 12.7. The molecule has 1 aromatic carbocycles. The van der Waals surface area contributed by atoms with Crippen molar-refractivity contribution < 1.29 is 13.0 Å². The van der Waals surface area contributed by atoms with Crippen LogP contribution in [0.2, 0.25) is 16.6 Å². The van der Waals surface area contributed by atoms with Crippen LogP contribution >= 0.6 is 0 Å². The molecule has 3 nitrogen and oxygen atoms in total. The summed E-state index contributed by atoms with van der Waals surface area (Å²) in [4.78, 5) is 0. The molecule has 0 fully saturated rings. The van der Waals surface area contributed by atoms with Gasteiger partial charge in [-0.05, 0) is 55.9 Å². The lowest BCUT2D eigenvalue weighted by Crippen LogP contribution is -2.47. The summed E-state index contributed by atoms with van der Waals surface area (Å²) >= 11 is 0. The normalized spacial score (nSPS) is 15.5. The first kappa shape index (κ1) is 25.5. The second-order valence-corrected chi connectivity index (χ2v) is 17.1. The molecule has 0 heterocycles. The summed E-state index contributed by atoms with van der Waals surface area (Å²) in [6, 6.07) is 4.87. The van der Waals surface area contributed by atoms with E-state index in [1.165, 1.54) is 6.07 Å². The maximum absolute atomic E-state index is 14.8. The highest BCUT2D eigenvalue weighted by Crippen LogP contribution is 2.43. The van der Waals surface area contributed by atoms with Gasteiger partial charge >= 0.3 is 0 Å². The minimum Gasteiger partial charge on any atom is -0.412 e. The molecule has 0 spiro atoms. The summed E-state index contributed by atoms with van der Waals surface area (Å²) in [5.74, 6) is -0.258. The van der Waals surface area contributed by atoms with Crippen molar-refractivity contribution in [2.45, 2.75) is 103 Å². The number of benzene rings is 1. The maximum Gasteiger partial charge on any atom is 0.200 e. The Kier molecular flexibility index (Phi) is 9.06. The Morgan fingerprint density at radius 1 is 1.04 bits per heavy atom. The summed E-state index contributed by atoms with van der Waals surface area (Å²) in [6.45, 7) is 21.3. The largest absolute Gasteiger partial charge is 0.412 e. The minimum atomic E-state index is -2.10. The van der Waals surface area contributed by atoms with Crippen molar-refractivity contribution in [3.63, 3.8) is 0 Å². The van der Waals surface area contributed by atoms with Crippen LogP contribution in [0.15, 0.2) is 18.2 Å². The number of rotatable bonds is 9. The molecule has 0 saturated carbocycles. The second-order valence-electron chi connectivity index (χ2n) is 9.63. The van der Waals surface area contributed by atoms with Crippen LogP contribution in [0.3, 0.4) is 0 Å². The average Bonchev–Trinajstić information content (AvgIpc) is 2.54. The first-order valence-corrected chi connectivity index (χ1v) is 13.6. The van der Waals surface area contributed by atoms with Crippen LogP contribution in [0.25, 0.3) is 0 Å². The molecule has 162 valence electrons. The topological polar surface area (TPSA) is 38.3 Å². The van der Waals surface area contributed by atoms with Crippen molar-refractivity contribution in [3.8, 4) is 0 Å². The van der Waals surface area contributed by atoms with E-state index in [4.69, 9.17) is 4.43 Å². The van der Waals surface area contributed by atoms with Gasteiger partial charge in [0.05, 0.1) is 22.3 Å². The molecule has 28 heavy (non-hydrogen) atoms. The molecule has 0 unspecified atom stereocenters. The van der Waals surface area contributed by atoms with Gasteiger partial charge < -0.3 is 4.43 Å². The van der Waals surface area contributed by atoms with Gasteiger partial charge in [0, 0.05) is 11.6 Å². The molecule has 6 heteroatoms. The fourth-order valence-electron chi connectivity index (χ4n) is 4.23. The Balaban J connectivity index is 3.20. The molecule has 0 aliphatic heterocycles. The van der Waals surface area contributed by atoms with Crippen molar-refractivity contribution in [1.82, 2.24) is 4.72 Å². The van der Waals surface area contributed by atoms with E-state index >= 15 is 0 Å². The Morgan fingerprint density at radius 2 is 1.54 bits per heavy atom. The van der Waals surface area contributed by atoms with E-state index in [9.17, 15) is 8.60 Å². The van der Waals surface area contributed by atoms with Gasteiger partial charge in [-0.3, -0.25) is 0 Å². The monoisotopic (exact) mass is 429 g/mol. The summed E-state index contributed by atoms with van der Waals surface area (Å²) in [6.07, 6.45) is 0. The van der Waals surface area contributed by atoms with Crippen molar-refractivity contribution in [2.24, 2.45) is 0 Å². The van der Waals surface area contributed by atoms with Gasteiger partial charge in [0.2, 0.25) is 8.32 Å². The predicted octanol–water partition coefficient (Wildman–Crippen LogP) is 6.63. The zero-order chi connectivity index (χ0) is 21.9. The Hall–Kier alpha value is -0.563. The third-order valence-corrected chi connectivity index (χ3v) is 13.4. The van der Waals surface area contributed by atoms with E-state index in [1.54, 1.807) is 6.07 Å². The lowest BCUT2D eigenvalue weighted by molar-refractivity contribution is 0.259. The van der Waals surface area contributed by atoms with Gasteiger partial charge in [-0.25, -0.2) is 13.3 Å². The number of nitrogens with one attached hydrogen (secondary N) is 1. The van der Waals surface area contributed by atoms with E-state index < -0.39 is 19.3 Å². The lowest BCUT2D eigenvalue weighted by Gasteiger charge is -2.42. The summed E-state index contributed by atoms with van der Waals surface area (Å²) in [5, 5.41) is 0. The van der Waals surface area contributed by atoms with Crippen LogP contribution in [-0.2, 0) is 22.0 Å². The zero-order valence-electron chi connectivity index (χ0n) is 19.4. The minimum absolute atomic E-state index is 0.234. The molecular weight excluding hydrogens is 389 g/mol. The molecule has 0 radical (unpaired) electrons. The van der Waals surface area contributed by atoms with Gasteiger partial charge in [0.1, 0.15) is 5.82 Å². The van der Waals surface area contributed by atoms with E-state index in [0.29, 0.717) is 22.2 Å². The highest BCUT2D eigenvalue weighted by molar-refractivity contribution is 7.84. The molecule has 0 amide bonds. The Bertz CT molecular complexity index is 649. The first-order valence-electron chi connectivity index (χ1n) is 10.3. The van der Waals surface area contributed by atoms with Crippen LogP contribution in [0.5, 0.6) is 0 Å². The van der Waals surface area contributed by atoms with E-state index in [1.807, 2.05) is 33.8 Å². The van der Waals surface area contributed by atoms with Crippen molar-refractivity contribution in [1.29, 1.82) is 0 Å². The van der Waals surface area contributed by atoms with E-state index in [-0.39, 0.29) is 23.2 Å². The summed E-state index contributed by atoms with van der Waals surface area (Å²) < 4.78 is 36.7. The number of hydrogen-bond acceptors (Lipinski definition) is 2. The van der Waals surface area contributed by atoms with Gasteiger partial charge in [-0.15, -0.1) is 0 Å². The van der Waals surface area contributed by atoms with Gasteiger partial charge in [0.15, 0.2) is 0 Å². The SMILES string of the molecule is CC(C)[Si](OCc1c(F)cccc1[C@H](C)N[S@](=O)C(C)(C)C)(C(C)C)C(C)C. The van der Waals surface area contributed by atoms with Crippen LogP contribution < -0.4 is 4.72 Å². The van der Waals surface area contributed by atoms with E-state index in [2.05, 4.69) is 46.3 Å². The highest BCUT2D eigenvalue weighted by atomic mass is 32.2. The summed E-state index contributed by atoms with van der Waals surface area (Å²) in [5.41, 5.74) is 2.70. The molecule has 1 aromatic rings. The standard InChI is InChI=1S/C22H40FNO2SSi/c1-15(2)28(16(3)4,17(5)6)26-14-20-19(12-11-13-21(20)23)18(7)24-27(25)22(8,9)10/h11-13,15-18,24H,14H2,1-10H3/t18-,27+/m0/s1. The molecule has 0 aliphatic carbocycles. The molecular formula is C22H40FNO2SSi. The summed E-state index contributed by atoms with van der Waals surface area (Å²) in [7, 11) is -3.33. The quantitative estimate of drug-likeness (QED) is 0.447. The third-order valence-electron chi connectivity index (χ3n) is 5.64. The number of halogens is 1. The molecule has 1 rings (SSSR count). The second kappa shape index (κ2) is 9.96. The maximum atomic E-state index is 14.8. The van der Waals surface area contributed by atoms with Crippen LogP contribution in [-0.4, -0.2) is 17.3 Å². The Labute approximate surface area is 175 Å². The van der Waals surface area contributed by atoms with Crippen molar-refractivity contribution >= 4 is 19.3 Å². The lowest BCUT2D eigenvalue weighted by atomic mass is 10.0. The van der Waals surface area contributed by atoms with Crippen LogP contribution in [0, 0.1) is 5.82 Å².